The topological polar surface area (TPSA) is 178 Å². The summed E-state index contributed by atoms with van der Waals surface area (Å²) in [6.45, 7) is 1.10. The molecule has 2 atom stereocenters. The number of nitrogens with zero attached hydrogens (tertiary/aromatic N) is 4. The number of alkyl halides is 4. The molecular weight excluding hydrogens is 689 g/mol. The van der Waals surface area contributed by atoms with Crippen molar-refractivity contribution >= 4 is 106 Å². The van der Waals surface area contributed by atoms with Crippen molar-refractivity contribution in [3.05, 3.63) is 59.7 Å². The van der Waals surface area contributed by atoms with Crippen LogP contribution in [0.5, 0.6) is 0 Å². The van der Waals surface area contributed by atoms with E-state index >= 15 is 0 Å². The molecule has 16 heteroatoms. The number of benzene rings is 2. The van der Waals surface area contributed by atoms with E-state index in [0.717, 1.165) is 61.0 Å². The van der Waals surface area contributed by atoms with Gasteiger partial charge in [-0.05, 0) is 61.1 Å². The average molecular weight is 727 g/mol. The van der Waals surface area contributed by atoms with E-state index in [-0.39, 0.29) is 60.5 Å². The van der Waals surface area contributed by atoms with Crippen molar-refractivity contribution in [2.24, 2.45) is 42.9 Å². The van der Waals surface area contributed by atoms with Crippen LogP contribution in [0.3, 0.4) is 0 Å². The number of aliphatic imine (C=N–C) groups is 4. The Morgan fingerprint density at radius 2 is 0.932 bits per heavy atom. The summed E-state index contributed by atoms with van der Waals surface area (Å²) in [7, 11) is 0. The molecule has 0 aliphatic heterocycles. The van der Waals surface area contributed by atoms with Crippen LogP contribution in [0.1, 0.15) is 61.5 Å². The Kier molecular flexibility index (Phi) is 14.5. The van der Waals surface area contributed by atoms with E-state index in [2.05, 4.69) is 30.6 Å². The van der Waals surface area contributed by atoms with Crippen LogP contribution in [0.2, 0.25) is 0 Å². The molecule has 2 fully saturated rings. The van der Waals surface area contributed by atoms with E-state index in [1.807, 2.05) is 48.5 Å². The standard InChI is InChI=1S/C28H36Cl4N10.2ClH/c29-27(30)15-21(27)17-5-9-19(10-6-17)39-25(35)41-23(33)37-13-3-1-2-4-14-38-24(34)42-26(36)40-20-11-7-18(8-12-20)22-16-28(22,31)32;;/h5-12,21-22H,1-4,13-16H2,(H5,33,35,37,39,41)(H5,34,36,38,40,42);2*1H. The van der Waals surface area contributed by atoms with Gasteiger partial charge in [0.15, 0.2) is 0 Å². The quantitative estimate of drug-likeness (QED) is 0.0695. The number of unbranched alkanes of at least 4 members (excludes halogenated alkanes) is 3. The molecule has 2 aliphatic carbocycles. The fourth-order valence-corrected chi connectivity index (χ4v) is 5.50. The first-order chi connectivity index (χ1) is 19.9. The second kappa shape index (κ2) is 16.8. The van der Waals surface area contributed by atoms with Gasteiger partial charge in [-0.15, -0.1) is 71.2 Å². The van der Waals surface area contributed by atoms with Crippen molar-refractivity contribution in [3.8, 4) is 0 Å². The van der Waals surface area contributed by atoms with Crippen LogP contribution in [0.15, 0.2) is 68.5 Å². The number of nitrogens with one attached hydrogen (secondary N) is 2. The highest BCUT2D eigenvalue weighted by atomic mass is 35.5. The van der Waals surface area contributed by atoms with Gasteiger partial charge in [0.05, 0.1) is 0 Å². The summed E-state index contributed by atoms with van der Waals surface area (Å²) in [5.41, 5.74) is 27.4. The molecule has 0 amide bonds. The Hall–Kier alpha value is -2.34. The number of hydrogen-bond acceptors (Lipinski definition) is 2. The van der Waals surface area contributed by atoms with Crippen LogP contribution in [-0.4, -0.2) is 45.6 Å². The van der Waals surface area contributed by atoms with Gasteiger partial charge in [0, 0.05) is 36.3 Å². The second-order valence-electron chi connectivity index (χ2n) is 10.4. The van der Waals surface area contributed by atoms with E-state index in [9.17, 15) is 0 Å². The second-order valence-corrected chi connectivity index (χ2v) is 13.5. The summed E-state index contributed by atoms with van der Waals surface area (Å²) in [6, 6.07) is 15.4. The van der Waals surface area contributed by atoms with E-state index in [0.29, 0.717) is 13.1 Å². The van der Waals surface area contributed by atoms with Crippen LogP contribution >= 0.6 is 71.2 Å². The lowest BCUT2D eigenvalue weighted by Gasteiger charge is -2.07. The third kappa shape index (κ3) is 11.9. The minimum Gasteiger partial charge on any atom is -0.369 e. The largest absolute Gasteiger partial charge is 0.369 e. The molecule has 0 bridgehead atoms. The Balaban J connectivity index is 0.00000337. The number of halogens is 6. The van der Waals surface area contributed by atoms with Crippen molar-refractivity contribution in [2.75, 3.05) is 23.7 Å². The van der Waals surface area contributed by atoms with Gasteiger partial charge in [-0.25, -0.2) is 0 Å². The van der Waals surface area contributed by atoms with Crippen LogP contribution in [0.4, 0.5) is 11.4 Å². The fraction of sp³-hybridized carbons (Fsp3) is 0.429. The molecule has 0 heterocycles. The SMILES string of the molecule is Cl.Cl.NC(=NCCCCCCN=C(N)N=C(N)Nc1ccc(C2CC2(Cl)Cl)cc1)N=C(N)Nc1ccc(C2CC2(Cl)Cl)cc1. The maximum atomic E-state index is 6.13. The molecule has 0 saturated heterocycles. The van der Waals surface area contributed by atoms with Gasteiger partial charge in [0.2, 0.25) is 23.8 Å². The zero-order valence-corrected chi connectivity index (χ0v) is 28.5. The van der Waals surface area contributed by atoms with E-state index in [1.54, 1.807) is 0 Å². The first kappa shape index (κ1) is 37.8. The number of anilines is 2. The molecule has 10 N–H and O–H groups in total. The number of rotatable bonds is 11. The van der Waals surface area contributed by atoms with E-state index in [1.165, 1.54) is 0 Å². The molecule has 0 radical (unpaired) electrons. The Morgan fingerprint density at radius 1 is 0.614 bits per heavy atom. The first-order valence-electron chi connectivity index (χ1n) is 13.7. The molecule has 0 aromatic heterocycles. The first-order valence-corrected chi connectivity index (χ1v) is 15.2. The third-order valence-electron chi connectivity index (χ3n) is 6.91. The van der Waals surface area contributed by atoms with Crippen molar-refractivity contribution < 1.29 is 0 Å². The fourth-order valence-electron chi connectivity index (χ4n) is 4.38. The lowest BCUT2D eigenvalue weighted by molar-refractivity contribution is 0.653. The molecule has 2 unspecified atom stereocenters. The molecule has 2 aromatic carbocycles. The molecule has 2 aliphatic rings. The summed E-state index contributed by atoms with van der Waals surface area (Å²) < 4.78 is -1.31. The van der Waals surface area contributed by atoms with Crippen molar-refractivity contribution in [2.45, 2.75) is 59.0 Å². The lowest BCUT2D eigenvalue weighted by Crippen LogP contribution is -2.26. The molecule has 44 heavy (non-hydrogen) atoms. The average Bonchev–Trinajstić information content (AvgIpc) is 3.78. The number of hydrogen-bond donors (Lipinski definition) is 6. The molecule has 4 rings (SSSR count). The molecule has 10 nitrogen and oxygen atoms in total. The Labute approximate surface area is 290 Å². The predicted octanol–water partition coefficient (Wildman–Crippen LogP) is 6.20. The molecule has 2 aromatic rings. The molecular formula is C28H38Cl6N10. The normalized spacial score (nSPS) is 20.6. The zero-order chi connectivity index (χ0) is 30.3. The van der Waals surface area contributed by atoms with Crippen molar-refractivity contribution in [3.63, 3.8) is 0 Å². The molecule has 0 spiro atoms. The van der Waals surface area contributed by atoms with Crippen LogP contribution < -0.4 is 33.6 Å². The monoisotopic (exact) mass is 724 g/mol. The summed E-state index contributed by atoms with van der Waals surface area (Å²) in [5.74, 6) is 0.898. The smallest absolute Gasteiger partial charge is 0.218 e. The van der Waals surface area contributed by atoms with Crippen LogP contribution in [-0.2, 0) is 0 Å². The summed E-state index contributed by atoms with van der Waals surface area (Å²) in [5, 5.41) is 5.99. The van der Waals surface area contributed by atoms with Crippen molar-refractivity contribution in [1.82, 2.24) is 0 Å². The maximum Gasteiger partial charge on any atom is 0.218 e. The highest BCUT2D eigenvalue weighted by molar-refractivity contribution is 6.51. The van der Waals surface area contributed by atoms with Gasteiger partial charge in [-0.2, -0.15) is 9.98 Å². The predicted molar refractivity (Wildman–Crippen MR) is 193 cm³/mol. The van der Waals surface area contributed by atoms with Gasteiger partial charge in [-0.1, -0.05) is 37.1 Å². The maximum absolute atomic E-state index is 6.13. The summed E-state index contributed by atoms with van der Waals surface area (Å²) in [6.07, 6.45) is 5.16. The third-order valence-corrected chi connectivity index (χ3v) is 8.58. The van der Waals surface area contributed by atoms with Crippen molar-refractivity contribution in [1.29, 1.82) is 0 Å². The zero-order valence-electron chi connectivity index (χ0n) is 23.9. The lowest BCUT2D eigenvalue weighted by atomic mass is 10.1. The Bertz CT molecular complexity index is 1240. The van der Waals surface area contributed by atoms with Gasteiger partial charge in [0.1, 0.15) is 8.67 Å². The number of nitrogens with two attached hydrogens (primary N) is 4. The summed E-state index contributed by atoms with van der Waals surface area (Å²) >= 11 is 24.5. The van der Waals surface area contributed by atoms with Gasteiger partial charge in [-0.3, -0.25) is 9.98 Å². The minimum atomic E-state index is -0.653. The van der Waals surface area contributed by atoms with E-state index < -0.39 is 8.67 Å². The Morgan fingerprint density at radius 3 is 1.23 bits per heavy atom. The van der Waals surface area contributed by atoms with Gasteiger partial charge in [0.25, 0.3) is 0 Å². The highest BCUT2D eigenvalue weighted by Gasteiger charge is 2.53. The highest BCUT2D eigenvalue weighted by Crippen LogP contribution is 2.60. The molecule has 242 valence electrons. The molecule has 2 saturated carbocycles. The van der Waals surface area contributed by atoms with Gasteiger partial charge < -0.3 is 33.6 Å². The van der Waals surface area contributed by atoms with Crippen LogP contribution in [0, 0.1) is 0 Å². The summed E-state index contributed by atoms with van der Waals surface area (Å²) in [4.78, 5) is 16.7. The van der Waals surface area contributed by atoms with E-state index in [4.69, 9.17) is 69.3 Å². The van der Waals surface area contributed by atoms with Crippen LogP contribution in [0.25, 0.3) is 0 Å². The number of guanidine groups is 4. The van der Waals surface area contributed by atoms with Gasteiger partial charge >= 0.3 is 0 Å². The minimum absolute atomic E-state index is 0.